The maximum atomic E-state index is 13.5. The Morgan fingerprint density at radius 3 is 2.50 bits per heavy atom. The number of amides is 1. The van der Waals surface area contributed by atoms with Crippen molar-refractivity contribution in [1.29, 1.82) is 0 Å². The van der Waals surface area contributed by atoms with Crippen molar-refractivity contribution in [3.05, 3.63) is 63.5 Å². The highest BCUT2D eigenvalue weighted by Crippen LogP contribution is 2.37. The average molecular weight is 413 g/mol. The van der Waals surface area contributed by atoms with Gasteiger partial charge in [0.1, 0.15) is 5.82 Å². The molecule has 0 heterocycles. The highest BCUT2D eigenvalue weighted by molar-refractivity contribution is 9.08. The van der Waals surface area contributed by atoms with Gasteiger partial charge in [0.2, 0.25) is 0 Å². The quantitative estimate of drug-likeness (QED) is 0.412. The van der Waals surface area contributed by atoms with E-state index in [0.29, 0.717) is 15.1 Å². The fourth-order valence-corrected chi connectivity index (χ4v) is 3.34. The summed E-state index contributed by atoms with van der Waals surface area (Å²) in [6, 6.07) is 8.71. The van der Waals surface area contributed by atoms with Crippen LogP contribution < -0.4 is 0 Å². The molecule has 0 aliphatic heterocycles. The van der Waals surface area contributed by atoms with E-state index in [1.165, 1.54) is 23.1 Å². The van der Waals surface area contributed by atoms with Gasteiger partial charge in [-0.3, -0.25) is 14.9 Å². The standard InChI is InChI=1S/C16H14BrFN2O3S/c1-19(2)16(21)12-8-11(18)4-6-14(12)24-15-5-3-10(9-17)7-13(15)20(22)23/h3-8H,9H2,1-2H3. The molecule has 0 saturated carbocycles. The maximum Gasteiger partial charge on any atom is 0.283 e. The summed E-state index contributed by atoms with van der Waals surface area (Å²) < 4.78 is 13.5. The summed E-state index contributed by atoms with van der Waals surface area (Å²) in [4.78, 5) is 25.3. The van der Waals surface area contributed by atoms with Gasteiger partial charge < -0.3 is 4.90 Å². The molecular formula is C16H14BrFN2O3S. The fourth-order valence-electron chi connectivity index (χ4n) is 1.99. The Morgan fingerprint density at radius 2 is 1.92 bits per heavy atom. The van der Waals surface area contributed by atoms with Crippen LogP contribution in [0, 0.1) is 15.9 Å². The molecule has 0 aliphatic rings. The largest absolute Gasteiger partial charge is 0.345 e. The minimum absolute atomic E-state index is 0.0514. The molecule has 8 heteroatoms. The zero-order valence-corrected chi connectivity index (χ0v) is 15.4. The first-order valence-electron chi connectivity index (χ1n) is 6.86. The third-order valence-corrected chi connectivity index (χ3v) is 4.96. The number of nitrogens with zero attached hydrogens (tertiary/aromatic N) is 2. The molecule has 0 radical (unpaired) electrons. The molecule has 0 saturated heterocycles. The molecule has 1 amide bonds. The Bertz CT molecular complexity index is 799. The lowest BCUT2D eigenvalue weighted by Gasteiger charge is -2.14. The van der Waals surface area contributed by atoms with E-state index in [4.69, 9.17) is 0 Å². The molecule has 5 nitrogen and oxygen atoms in total. The first-order chi connectivity index (χ1) is 11.3. The van der Waals surface area contributed by atoms with Crippen LogP contribution in [0.1, 0.15) is 15.9 Å². The molecule has 2 aromatic rings. The third kappa shape index (κ3) is 4.12. The van der Waals surface area contributed by atoms with Gasteiger partial charge in [-0.15, -0.1) is 0 Å². The van der Waals surface area contributed by atoms with Crippen LogP contribution in [0.25, 0.3) is 0 Å². The lowest BCUT2D eigenvalue weighted by Crippen LogP contribution is -2.22. The maximum absolute atomic E-state index is 13.5. The number of alkyl halides is 1. The second kappa shape index (κ2) is 7.76. The summed E-state index contributed by atoms with van der Waals surface area (Å²) in [5, 5.41) is 11.8. The SMILES string of the molecule is CN(C)C(=O)c1cc(F)ccc1Sc1ccc(CBr)cc1[N+](=O)[O-]. The van der Waals surface area contributed by atoms with E-state index in [1.54, 1.807) is 26.2 Å². The Kier molecular flexibility index (Phi) is 5.95. The number of rotatable bonds is 5. The van der Waals surface area contributed by atoms with E-state index < -0.39 is 10.7 Å². The van der Waals surface area contributed by atoms with Crippen LogP contribution >= 0.6 is 27.7 Å². The molecule has 0 bridgehead atoms. The first kappa shape index (κ1) is 18.4. The van der Waals surface area contributed by atoms with E-state index in [0.717, 1.165) is 23.4 Å². The molecule has 24 heavy (non-hydrogen) atoms. The van der Waals surface area contributed by atoms with Crippen LogP contribution in [-0.4, -0.2) is 29.8 Å². The fraction of sp³-hybridized carbons (Fsp3) is 0.188. The second-order valence-electron chi connectivity index (χ2n) is 5.13. The molecule has 0 fully saturated rings. The number of hydrogen-bond donors (Lipinski definition) is 0. The van der Waals surface area contributed by atoms with E-state index in [2.05, 4.69) is 15.9 Å². The Labute approximate surface area is 151 Å². The smallest absolute Gasteiger partial charge is 0.283 e. The number of carbonyl (C=O) groups is 1. The van der Waals surface area contributed by atoms with E-state index in [-0.39, 0.29) is 17.2 Å². The lowest BCUT2D eigenvalue weighted by molar-refractivity contribution is -0.387. The van der Waals surface area contributed by atoms with Crippen molar-refractivity contribution >= 4 is 39.3 Å². The lowest BCUT2D eigenvalue weighted by atomic mass is 10.2. The zero-order chi connectivity index (χ0) is 17.9. The van der Waals surface area contributed by atoms with Gasteiger partial charge in [0.15, 0.2) is 0 Å². The van der Waals surface area contributed by atoms with Gasteiger partial charge in [0.25, 0.3) is 11.6 Å². The van der Waals surface area contributed by atoms with Crippen molar-refractivity contribution in [3.63, 3.8) is 0 Å². The van der Waals surface area contributed by atoms with Gasteiger partial charge in [0, 0.05) is 30.4 Å². The molecule has 0 N–H and O–H groups in total. The van der Waals surface area contributed by atoms with E-state index >= 15 is 0 Å². The molecular weight excluding hydrogens is 399 g/mol. The van der Waals surface area contributed by atoms with Crippen LogP contribution in [0.15, 0.2) is 46.2 Å². The highest BCUT2D eigenvalue weighted by Gasteiger charge is 2.20. The molecule has 2 rings (SSSR count). The summed E-state index contributed by atoms with van der Waals surface area (Å²) in [6.07, 6.45) is 0. The molecule has 0 atom stereocenters. The van der Waals surface area contributed by atoms with Crippen LogP contribution in [-0.2, 0) is 5.33 Å². The van der Waals surface area contributed by atoms with Crippen LogP contribution in [0.5, 0.6) is 0 Å². The number of benzene rings is 2. The molecule has 0 aliphatic carbocycles. The highest BCUT2D eigenvalue weighted by atomic mass is 79.9. The predicted molar refractivity (Wildman–Crippen MR) is 94.3 cm³/mol. The molecule has 0 unspecified atom stereocenters. The Morgan fingerprint density at radius 1 is 1.25 bits per heavy atom. The number of nitro groups is 1. The summed E-state index contributed by atoms with van der Waals surface area (Å²) in [5.74, 6) is -0.898. The topological polar surface area (TPSA) is 63.5 Å². The summed E-state index contributed by atoms with van der Waals surface area (Å²) in [6.45, 7) is 0. The van der Waals surface area contributed by atoms with Crippen LogP contribution in [0.4, 0.5) is 10.1 Å². The Balaban J connectivity index is 2.49. The van der Waals surface area contributed by atoms with Gasteiger partial charge in [0.05, 0.1) is 15.4 Å². The zero-order valence-electron chi connectivity index (χ0n) is 13.0. The summed E-state index contributed by atoms with van der Waals surface area (Å²) in [7, 11) is 3.13. The Hall–Kier alpha value is -1.93. The van der Waals surface area contributed by atoms with E-state index in [1.807, 2.05) is 0 Å². The van der Waals surface area contributed by atoms with Crippen LogP contribution in [0.3, 0.4) is 0 Å². The first-order valence-corrected chi connectivity index (χ1v) is 8.79. The van der Waals surface area contributed by atoms with E-state index in [9.17, 15) is 19.3 Å². The van der Waals surface area contributed by atoms with Crippen LogP contribution in [0.2, 0.25) is 0 Å². The van der Waals surface area contributed by atoms with Gasteiger partial charge in [-0.25, -0.2) is 4.39 Å². The van der Waals surface area contributed by atoms with Crippen molar-refractivity contribution in [3.8, 4) is 0 Å². The van der Waals surface area contributed by atoms with Gasteiger partial charge in [-0.05, 0) is 29.8 Å². The van der Waals surface area contributed by atoms with Gasteiger partial charge in [-0.1, -0.05) is 33.8 Å². The third-order valence-electron chi connectivity index (χ3n) is 3.17. The van der Waals surface area contributed by atoms with Crippen molar-refractivity contribution in [2.75, 3.05) is 14.1 Å². The average Bonchev–Trinajstić information content (AvgIpc) is 2.55. The number of carbonyl (C=O) groups excluding carboxylic acids is 1. The monoisotopic (exact) mass is 412 g/mol. The molecule has 0 spiro atoms. The normalized spacial score (nSPS) is 10.5. The van der Waals surface area contributed by atoms with Crippen molar-refractivity contribution in [2.24, 2.45) is 0 Å². The summed E-state index contributed by atoms with van der Waals surface area (Å²) in [5.41, 5.74) is 0.892. The summed E-state index contributed by atoms with van der Waals surface area (Å²) >= 11 is 4.34. The van der Waals surface area contributed by atoms with Crippen molar-refractivity contribution in [2.45, 2.75) is 15.1 Å². The molecule has 2 aromatic carbocycles. The number of halogens is 2. The van der Waals surface area contributed by atoms with Crippen molar-refractivity contribution < 1.29 is 14.1 Å². The predicted octanol–water partition coefficient (Wildman–Crippen LogP) is 4.48. The van der Waals surface area contributed by atoms with Gasteiger partial charge >= 0.3 is 0 Å². The number of nitro benzene ring substituents is 1. The number of hydrogen-bond acceptors (Lipinski definition) is 4. The minimum atomic E-state index is -0.534. The minimum Gasteiger partial charge on any atom is -0.345 e. The second-order valence-corrected chi connectivity index (χ2v) is 6.78. The van der Waals surface area contributed by atoms with Crippen molar-refractivity contribution in [1.82, 2.24) is 4.90 Å². The van der Waals surface area contributed by atoms with Gasteiger partial charge in [-0.2, -0.15) is 0 Å². The molecule has 126 valence electrons. The molecule has 0 aromatic heterocycles.